The number of benzene rings is 2. The summed E-state index contributed by atoms with van der Waals surface area (Å²) in [6.07, 6.45) is 3.06. The van der Waals surface area contributed by atoms with Gasteiger partial charge in [0.05, 0.1) is 16.6 Å². The minimum atomic E-state index is -0.455. The maximum atomic E-state index is 12.8. The molecule has 198 valence electrons. The Bertz CT molecular complexity index is 1550. The number of rotatable bonds is 7. The molecule has 0 unspecified atom stereocenters. The predicted molar refractivity (Wildman–Crippen MR) is 146 cm³/mol. The summed E-state index contributed by atoms with van der Waals surface area (Å²) in [6, 6.07) is 16.0. The van der Waals surface area contributed by atoms with Crippen LogP contribution in [0, 0.1) is 27.4 Å². The average Bonchev–Trinajstić information content (AvgIpc) is 3.40. The molecule has 3 heterocycles. The van der Waals surface area contributed by atoms with Gasteiger partial charge < -0.3 is 14.6 Å². The number of nitrogens with zero attached hydrogens (tertiary/aromatic N) is 5. The van der Waals surface area contributed by atoms with Crippen molar-refractivity contribution >= 4 is 28.5 Å². The Morgan fingerprint density at radius 2 is 1.95 bits per heavy atom. The van der Waals surface area contributed by atoms with E-state index < -0.39 is 4.92 Å². The number of aromatic nitrogens is 2. The second kappa shape index (κ2) is 10.9. The summed E-state index contributed by atoms with van der Waals surface area (Å²) >= 11 is 0. The summed E-state index contributed by atoms with van der Waals surface area (Å²) in [6.45, 7) is 6.22. The number of hydrogen-bond acceptors (Lipinski definition) is 8. The van der Waals surface area contributed by atoms with E-state index in [1.807, 2.05) is 32.0 Å². The van der Waals surface area contributed by atoms with Crippen LogP contribution in [-0.4, -0.2) is 40.4 Å². The molecule has 4 aromatic rings. The van der Waals surface area contributed by atoms with E-state index in [0.717, 1.165) is 42.9 Å². The fourth-order valence-electron chi connectivity index (χ4n) is 4.82. The molecule has 0 spiro atoms. The number of fused-ring (bicyclic) bond motifs is 1. The van der Waals surface area contributed by atoms with E-state index in [1.54, 1.807) is 24.3 Å². The van der Waals surface area contributed by atoms with Crippen molar-refractivity contribution < 1.29 is 14.1 Å². The van der Waals surface area contributed by atoms with Gasteiger partial charge in [-0.3, -0.25) is 14.9 Å². The monoisotopic (exact) mass is 524 g/mol. The molecule has 0 atom stereocenters. The van der Waals surface area contributed by atoms with Gasteiger partial charge in [-0.2, -0.15) is 5.26 Å². The Balaban J connectivity index is 1.17. The Hall–Kier alpha value is -4.78. The minimum Gasteiger partial charge on any atom is -0.436 e. The van der Waals surface area contributed by atoms with Gasteiger partial charge in [0.25, 0.3) is 11.6 Å². The van der Waals surface area contributed by atoms with Crippen LogP contribution in [0.2, 0.25) is 0 Å². The minimum absolute atomic E-state index is 0.0207. The first-order valence-electron chi connectivity index (χ1n) is 12.9. The lowest BCUT2D eigenvalue weighted by molar-refractivity contribution is -0.385. The standard InChI is InChI=1S/C29H28N6O4/c1-18(2)24-13-20(15-30)14-25-27(24)39-29(33-25)22-5-3-21(4-6-22)28(36)32-16-19-9-11-34(12-10-19)26-8-7-23(17-31-26)35(37)38/h3-8,13-14,17-19H,9-12,16H2,1-2H3,(H,32,36). The predicted octanol–water partition coefficient (Wildman–Crippen LogP) is 5.44. The molecule has 2 aromatic carbocycles. The Morgan fingerprint density at radius 1 is 1.21 bits per heavy atom. The van der Waals surface area contributed by atoms with E-state index in [2.05, 4.69) is 26.3 Å². The van der Waals surface area contributed by atoms with Gasteiger partial charge in [0.2, 0.25) is 5.89 Å². The highest BCUT2D eigenvalue weighted by atomic mass is 16.6. The molecule has 5 rings (SSSR count). The van der Waals surface area contributed by atoms with Gasteiger partial charge in [0.15, 0.2) is 5.58 Å². The molecule has 0 radical (unpaired) electrons. The molecule has 10 nitrogen and oxygen atoms in total. The molecular formula is C29H28N6O4. The van der Waals surface area contributed by atoms with Crippen LogP contribution in [-0.2, 0) is 0 Å². The molecule has 1 aliphatic rings. The van der Waals surface area contributed by atoms with Gasteiger partial charge in [-0.05, 0) is 67.1 Å². The third-order valence-corrected chi connectivity index (χ3v) is 7.10. The summed E-state index contributed by atoms with van der Waals surface area (Å²) in [4.78, 5) is 34.1. The number of oxazole rings is 1. The van der Waals surface area contributed by atoms with E-state index in [9.17, 15) is 20.2 Å². The summed E-state index contributed by atoms with van der Waals surface area (Å²) in [5, 5.41) is 23.2. The SMILES string of the molecule is CC(C)c1cc(C#N)cc2nc(-c3ccc(C(=O)NCC4CCN(c5ccc([N+](=O)[O-])cn5)CC4)cc3)oc12. The third-order valence-electron chi connectivity index (χ3n) is 7.10. The van der Waals surface area contributed by atoms with E-state index in [1.165, 1.54) is 12.3 Å². The largest absolute Gasteiger partial charge is 0.436 e. The Kier molecular flexibility index (Phi) is 7.23. The van der Waals surface area contributed by atoms with E-state index in [0.29, 0.717) is 40.6 Å². The smallest absolute Gasteiger partial charge is 0.287 e. The lowest BCUT2D eigenvalue weighted by atomic mass is 9.96. The van der Waals surface area contributed by atoms with Crippen molar-refractivity contribution in [3.8, 4) is 17.5 Å². The highest BCUT2D eigenvalue weighted by Gasteiger charge is 2.22. The molecule has 1 aliphatic heterocycles. The van der Waals surface area contributed by atoms with Crippen molar-refractivity contribution in [2.75, 3.05) is 24.5 Å². The van der Waals surface area contributed by atoms with Crippen molar-refractivity contribution in [3.63, 3.8) is 0 Å². The number of amides is 1. The number of nitro groups is 1. The van der Waals surface area contributed by atoms with Gasteiger partial charge in [0.1, 0.15) is 17.5 Å². The number of carbonyl (C=O) groups is 1. The van der Waals surface area contributed by atoms with Gasteiger partial charge in [-0.1, -0.05) is 13.8 Å². The van der Waals surface area contributed by atoms with Crippen LogP contribution >= 0.6 is 0 Å². The highest BCUT2D eigenvalue weighted by Crippen LogP contribution is 2.31. The van der Waals surface area contributed by atoms with E-state index in [4.69, 9.17) is 4.42 Å². The van der Waals surface area contributed by atoms with Crippen LogP contribution in [0.1, 0.15) is 54.1 Å². The van der Waals surface area contributed by atoms with Crippen LogP contribution < -0.4 is 10.2 Å². The van der Waals surface area contributed by atoms with Crippen LogP contribution in [0.4, 0.5) is 11.5 Å². The van der Waals surface area contributed by atoms with Crippen molar-refractivity contribution in [1.82, 2.24) is 15.3 Å². The molecule has 1 amide bonds. The summed E-state index contributed by atoms with van der Waals surface area (Å²) < 4.78 is 6.07. The number of carbonyl (C=O) groups excluding carboxylic acids is 1. The van der Waals surface area contributed by atoms with E-state index in [-0.39, 0.29) is 17.5 Å². The summed E-state index contributed by atoms with van der Waals surface area (Å²) in [5.74, 6) is 1.56. The maximum absolute atomic E-state index is 12.8. The first-order chi connectivity index (χ1) is 18.8. The number of nitriles is 1. The maximum Gasteiger partial charge on any atom is 0.287 e. The van der Waals surface area contributed by atoms with Gasteiger partial charge in [-0.25, -0.2) is 9.97 Å². The average molecular weight is 525 g/mol. The Morgan fingerprint density at radius 3 is 2.56 bits per heavy atom. The number of piperidine rings is 1. The Labute approximate surface area is 225 Å². The van der Waals surface area contributed by atoms with E-state index >= 15 is 0 Å². The van der Waals surface area contributed by atoms with Crippen molar-refractivity contribution in [1.29, 1.82) is 5.26 Å². The van der Waals surface area contributed by atoms with Gasteiger partial charge in [0, 0.05) is 42.4 Å². The van der Waals surface area contributed by atoms with Crippen LogP contribution in [0.25, 0.3) is 22.6 Å². The molecule has 0 bridgehead atoms. The van der Waals surface area contributed by atoms with Gasteiger partial charge >= 0.3 is 0 Å². The third kappa shape index (κ3) is 5.57. The molecule has 0 aliphatic carbocycles. The second-order valence-corrected chi connectivity index (χ2v) is 10.0. The number of nitrogens with one attached hydrogen (secondary N) is 1. The van der Waals surface area contributed by atoms with Crippen LogP contribution in [0.3, 0.4) is 0 Å². The fraction of sp³-hybridized carbons (Fsp3) is 0.310. The number of pyridine rings is 1. The molecular weight excluding hydrogens is 496 g/mol. The first-order valence-corrected chi connectivity index (χ1v) is 12.9. The molecule has 1 fully saturated rings. The fourth-order valence-corrected chi connectivity index (χ4v) is 4.82. The van der Waals surface area contributed by atoms with Crippen LogP contribution in [0.5, 0.6) is 0 Å². The number of anilines is 1. The lowest BCUT2D eigenvalue weighted by Crippen LogP contribution is -2.39. The molecule has 1 N–H and O–H groups in total. The zero-order chi connectivity index (χ0) is 27.5. The molecule has 39 heavy (non-hydrogen) atoms. The topological polar surface area (TPSA) is 138 Å². The van der Waals surface area contributed by atoms with Crippen molar-refractivity contribution in [2.45, 2.75) is 32.6 Å². The molecule has 10 heteroatoms. The van der Waals surface area contributed by atoms with Crippen molar-refractivity contribution in [2.24, 2.45) is 5.92 Å². The molecule has 1 saturated heterocycles. The zero-order valence-electron chi connectivity index (χ0n) is 21.8. The summed E-state index contributed by atoms with van der Waals surface area (Å²) in [5.41, 5.74) is 4.09. The van der Waals surface area contributed by atoms with Gasteiger partial charge in [-0.15, -0.1) is 0 Å². The van der Waals surface area contributed by atoms with Crippen molar-refractivity contribution in [3.05, 3.63) is 81.5 Å². The molecule has 0 saturated carbocycles. The van der Waals surface area contributed by atoms with Crippen LogP contribution in [0.15, 0.2) is 59.1 Å². The quantitative estimate of drug-likeness (QED) is 0.249. The highest BCUT2D eigenvalue weighted by molar-refractivity contribution is 5.94. The molecule has 2 aromatic heterocycles. The number of hydrogen-bond donors (Lipinski definition) is 1. The summed E-state index contributed by atoms with van der Waals surface area (Å²) in [7, 11) is 0. The second-order valence-electron chi connectivity index (χ2n) is 10.0. The zero-order valence-corrected chi connectivity index (χ0v) is 21.8. The first kappa shape index (κ1) is 25.9. The normalized spacial score (nSPS) is 13.9. The lowest BCUT2D eigenvalue weighted by Gasteiger charge is -2.32.